The Balaban J connectivity index is 2.89. The van der Waals surface area contributed by atoms with Crippen LogP contribution in [0.25, 0.3) is 0 Å². The monoisotopic (exact) mass is 194 g/mol. The van der Waals surface area contributed by atoms with Crippen LogP contribution in [-0.4, -0.2) is 24.1 Å². The van der Waals surface area contributed by atoms with Crippen LogP contribution in [0.5, 0.6) is 5.75 Å². The predicted octanol–water partition coefficient (Wildman–Crippen LogP) is 0.702. The van der Waals surface area contributed by atoms with E-state index in [4.69, 9.17) is 5.73 Å². The third-order valence-electron chi connectivity index (χ3n) is 1.94. The quantitative estimate of drug-likeness (QED) is 0.728. The van der Waals surface area contributed by atoms with Crippen molar-refractivity contribution < 1.29 is 9.90 Å². The van der Waals surface area contributed by atoms with Crippen molar-refractivity contribution in [2.75, 3.05) is 11.9 Å². The summed E-state index contributed by atoms with van der Waals surface area (Å²) in [6.45, 7) is 1.63. The minimum Gasteiger partial charge on any atom is -0.508 e. The average molecular weight is 194 g/mol. The summed E-state index contributed by atoms with van der Waals surface area (Å²) in [5, 5.41) is 9.21. The summed E-state index contributed by atoms with van der Waals surface area (Å²) in [5.41, 5.74) is 6.09. The first-order chi connectivity index (χ1) is 6.52. The fourth-order valence-corrected chi connectivity index (χ4v) is 1.13. The van der Waals surface area contributed by atoms with Gasteiger partial charge >= 0.3 is 0 Å². The standard InChI is InChI=1S/C10H14N2O2/c1-7(11)10(14)12(2)8-4-3-5-9(13)6-8/h3-7,13H,11H2,1-2H3/t7-/m1/s1. The van der Waals surface area contributed by atoms with Crippen LogP contribution in [0.15, 0.2) is 24.3 Å². The maximum absolute atomic E-state index is 11.5. The van der Waals surface area contributed by atoms with E-state index in [1.54, 1.807) is 32.2 Å². The van der Waals surface area contributed by atoms with Gasteiger partial charge in [0.1, 0.15) is 5.75 Å². The van der Waals surface area contributed by atoms with E-state index in [0.29, 0.717) is 5.69 Å². The lowest BCUT2D eigenvalue weighted by molar-refractivity contribution is -0.119. The lowest BCUT2D eigenvalue weighted by Gasteiger charge is -2.19. The fraction of sp³-hybridized carbons (Fsp3) is 0.300. The van der Waals surface area contributed by atoms with Gasteiger partial charge in [0.15, 0.2) is 0 Å². The highest BCUT2D eigenvalue weighted by Crippen LogP contribution is 2.19. The number of phenolic OH excluding ortho intramolecular Hbond substituents is 1. The molecule has 1 rings (SSSR count). The van der Waals surface area contributed by atoms with Gasteiger partial charge in [-0.1, -0.05) is 6.07 Å². The van der Waals surface area contributed by atoms with Gasteiger partial charge in [0.05, 0.1) is 6.04 Å². The molecule has 0 heterocycles. The number of nitrogens with zero attached hydrogens (tertiary/aromatic N) is 1. The van der Waals surface area contributed by atoms with Crippen LogP contribution in [0.1, 0.15) is 6.92 Å². The van der Waals surface area contributed by atoms with Gasteiger partial charge in [0, 0.05) is 18.8 Å². The highest BCUT2D eigenvalue weighted by atomic mass is 16.3. The largest absolute Gasteiger partial charge is 0.508 e. The molecule has 1 atom stereocenters. The molecule has 14 heavy (non-hydrogen) atoms. The van der Waals surface area contributed by atoms with Crippen molar-refractivity contribution in [1.29, 1.82) is 0 Å². The van der Waals surface area contributed by atoms with Crippen LogP contribution >= 0.6 is 0 Å². The van der Waals surface area contributed by atoms with Crippen molar-refractivity contribution in [3.63, 3.8) is 0 Å². The molecule has 0 aliphatic carbocycles. The predicted molar refractivity (Wildman–Crippen MR) is 55.2 cm³/mol. The van der Waals surface area contributed by atoms with Crippen LogP contribution in [-0.2, 0) is 4.79 Å². The summed E-state index contributed by atoms with van der Waals surface area (Å²) in [7, 11) is 1.63. The second kappa shape index (κ2) is 4.11. The summed E-state index contributed by atoms with van der Waals surface area (Å²) < 4.78 is 0. The van der Waals surface area contributed by atoms with Crippen LogP contribution in [0.4, 0.5) is 5.69 Å². The summed E-state index contributed by atoms with van der Waals surface area (Å²) >= 11 is 0. The molecule has 0 saturated heterocycles. The molecule has 0 fully saturated rings. The number of likely N-dealkylation sites (N-methyl/N-ethyl adjacent to an activating group) is 1. The van der Waals surface area contributed by atoms with E-state index in [1.165, 1.54) is 11.0 Å². The first-order valence-electron chi connectivity index (χ1n) is 4.34. The van der Waals surface area contributed by atoms with E-state index in [-0.39, 0.29) is 11.7 Å². The SMILES string of the molecule is C[C@@H](N)C(=O)N(C)c1cccc(O)c1. The summed E-state index contributed by atoms with van der Waals surface area (Å²) in [5.74, 6) is -0.0533. The van der Waals surface area contributed by atoms with E-state index in [1.807, 2.05) is 0 Å². The molecule has 0 radical (unpaired) electrons. The molecule has 0 aromatic heterocycles. The number of carbonyl (C=O) groups is 1. The minimum absolute atomic E-state index is 0.131. The zero-order valence-electron chi connectivity index (χ0n) is 8.27. The number of aromatic hydroxyl groups is 1. The van der Waals surface area contributed by atoms with Crippen LogP contribution < -0.4 is 10.6 Å². The molecule has 0 unspecified atom stereocenters. The number of nitrogens with two attached hydrogens (primary N) is 1. The van der Waals surface area contributed by atoms with Gasteiger partial charge < -0.3 is 15.7 Å². The Morgan fingerprint density at radius 1 is 1.57 bits per heavy atom. The Morgan fingerprint density at radius 3 is 2.71 bits per heavy atom. The zero-order valence-corrected chi connectivity index (χ0v) is 8.27. The maximum Gasteiger partial charge on any atom is 0.243 e. The highest BCUT2D eigenvalue weighted by Gasteiger charge is 2.14. The van der Waals surface area contributed by atoms with Crippen LogP contribution in [0.2, 0.25) is 0 Å². The molecule has 0 saturated carbocycles. The van der Waals surface area contributed by atoms with Crippen LogP contribution in [0.3, 0.4) is 0 Å². The molecule has 0 bridgehead atoms. The Labute approximate surface area is 82.9 Å². The molecule has 1 aromatic rings. The van der Waals surface area contributed by atoms with E-state index in [2.05, 4.69) is 0 Å². The van der Waals surface area contributed by atoms with Crippen molar-refractivity contribution >= 4 is 11.6 Å². The van der Waals surface area contributed by atoms with Crippen molar-refractivity contribution in [3.05, 3.63) is 24.3 Å². The van der Waals surface area contributed by atoms with E-state index >= 15 is 0 Å². The first kappa shape index (κ1) is 10.5. The molecule has 0 aliphatic heterocycles. The third-order valence-corrected chi connectivity index (χ3v) is 1.94. The number of amides is 1. The van der Waals surface area contributed by atoms with E-state index < -0.39 is 6.04 Å². The number of hydrogen-bond acceptors (Lipinski definition) is 3. The number of rotatable bonds is 2. The van der Waals surface area contributed by atoms with Crippen molar-refractivity contribution in [1.82, 2.24) is 0 Å². The lowest BCUT2D eigenvalue weighted by Crippen LogP contribution is -2.39. The second-order valence-corrected chi connectivity index (χ2v) is 3.21. The molecule has 1 amide bonds. The molecule has 0 spiro atoms. The van der Waals surface area contributed by atoms with Gasteiger partial charge in [0.25, 0.3) is 0 Å². The van der Waals surface area contributed by atoms with E-state index in [0.717, 1.165) is 0 Å². The van der Waals surface area contributed by atoms with Gasteiger partial charge in [-0.25, -0.2) is 0 Å². The normalized spacial score (nSPS) is 12.2. The van der Waals surface area contributed by atoms with Crippen molar-refractivity contribution in [3.8, 4) is 5.75 Å². The Hall–Kier alpha value is -1.55. The van der Waals surface area contributed by atoms with Gasteiger partial charge in [-0.2, -0.15) is 0 Å². The Bertz CT molecular complexity index is 337. The molecule has 76 valence electrons. The lowest BCUT2D eigenvalue weighted by atomic mass is 10.2. The van der Waals surface area contributed by atoms with Crippen LogP contribution in [0, 0.1) is 0 Å². The van der Waals surface area contributed by atoms with Gasteiger partial charge in [0.2, 0.25) is 5.91 Å². The minimum atomic E-state index is -0.539. The highest BCUT2D eigenvalue weighted by molar-refractivity contribution is 5.96. The zero-order chi connectivity index (χ0) is 10.7. The van der Waals surface area contributed by atoms with Crippen molar-refractivity contribution in [2.24, 2.45) is 5.73 Å². The second-order valence-electron chi connectivity index (χ2n) is 3.21. The topological polar surface area (TPSA) is 66.6 Å². The summed E-state index contributed by atoms with van der Waals surface area (Å²) in [6.07, 6.45) is 0. The first-order valence-corrected chi connectivity index (χ1v) is 4.34. The fourth-order valence-electron chi connectivity index (χ4n) is 1.13. The molecule has 4 heteroatoms. The number of anilines is 1. The molecular formula is C10H14N2O2. The summed E-state index contributed by atoms with van der Waals surface area (Å²) in [6, 6.07) is 5.94. The number of phenols is 1. The summed E-state index contributed by atoms with van der Waals surface area (Å²) in [4.78, 5) is 12.9. The Kier molecular flexibility index (Phi) is 3.09. The van der Waals surface area contributed by atoms with Gasteiger partial charge in [-0.15, -0.1) is 0 Å². The molecule has 4 nitrogen and oxygen atoms in total. The molecular weight excluding hydrogens is 180 g/mol. The molecule has 3 N–H and O–H groups in total. The van der Waals surface area contributed by atoms with Gasteiger partial charge in [-0.05, 0) is 19.1 Å². The van der Waals surface area contributed by atoms with Gasteiger partial charge in [-0.3, -0.25) is 4.79 Å². The maximum atomic E-state index is 11.5. The average Bonchev–Trinajstić information content (AvgIpc) is 2.15. The van der Waals surface area contributed by atoms with E-state index in [9.17, 15) is 9.90 Å². The molecule has 1 aromatic carbocycles. The van der Waals surface area contributed by atoms with Crippen molar-refractivity contribution in [2.45, 2.75) is 13.0 Å². The number of carbonyl (C=O) groups excluding carboxylic acids is 1. The number of hydrogen-bond donors (Lipinski definition) is 2. The smallest absolute Gasteiger partial charge is 0.243 e. The third kappa shape index (κ3) is 2.23. The Morgan fingerprint density at radius 2 is 2.21 bits per heavy atom. The number of benzene rings is 1. The molecule has 0 aliphatic rings.